The lowest BCUT2D eigenvalue weighted by atomic mass is 9.85. The maximum absolute atomic E-state index is 11.7. The lowest BCUT2D eigenvalue weighted by Gasteiger charge is -2.26. The van der Waals surface area contributed by atoms with Gasteiger partial charge < -0.3 is 23.8 Å². The van der Waals surface area contributed by atoms with Crippen molar-refractivity contribution in [3.8, 4) is 0 Å². The van der Waals surface area contributed by atoms with Gasteiger partial charge in [-0.05, 0) is 38.5 Å². The van der Waals surface area contributed by atoms with Crippen LogP contribution < -0.4 is 0 Å². The van der Waals surface area contributed by atoms with Crippen LogP contribution >= 0.6 is 0 Å². The van der Waals surface area contributed by atoms with Gasteiger partial charge in [-0.25, -0.2) is 0 Å². The quantitative estimate of drug-likeness (QED) is 0.123. The minimum absolute atomic E-state index is 0.125. The van der Waals surface area contributed by atoms with Crippen molar-refractivity contribution in [1.82, 2.24) is 0 Å². The second-order valence-corrected chi connectivity index (χ2v) is 8.14. The molecular weight excluding hydrogens is 434 g/mol. The molecule has 0 bridgehead atoms. The van der Waals surface area contributed by atoms with Gasteiger partial charge in [-0.2, -0.15) is 0 Å². The van der Waals surface area contributed by atoms with Crippen LogP contribution in [0.5, 0.6) is 0 Å². The van der Waals surface area contributed by atoms with Crippen LogP contribution in [0.15, 0.2) is 5.16 Å². The molecule has 33 heavy (non-hydrogen) atoms. The van der Waals surface area contributed by atoms with Crippen LogP contribution in [-0.2, 0) is 43.0 Å². The lowest BCUT2D eigenvalue weighted by molar-refractivity contribution is -0.149. The minimum atomic E-state index is -0.454. The van der Waals surface area contributed by atoms with Gasteiger partial charge in [0.1, 0.15) is 19.3 Å². The van der Waals surface area contributed by atoms with Crippen LogP contribution in [0.2, 0.25) is 0 Å². The van der Waals surface area contributed by atoms with Gasteiger partial charge in [0, 0.05) is 44.9 Å². The van der Waals surface area contributed by atoms with Gasteiger partial charge in [-0.1, -0.05) is 5.16 Å². The summed E-state index contributed by atoms with van der Waals surface area (Å²) in [4.78, 5) is 51.4. The normalized spacial score (nSPS) is 22.4. The fraction of sp³-hybridized carbons (Fsp3) is 0.783. The zero-order valence-electron chi connectivity index (χ0n) is 20.3. The average Bonchev–Trinajstić information content (AvgIpc) is 3.06. The van der Waals surface area contributed by atoms with E-state index in [1.54, 1.807) is 0 Å². The molecular formula is C23H37NO9. The van der Waals surface area contributed by atoms with Crippen LogP contribution in [0.25, 0.3) is 0 Å². The Kier molecular flexibility index (Phi) is 13.1. The van der Waals surface area contributed by atoms with E-state index < -0.39 is 24.1 Å². The summed E-state index contributed by atoms with van der Waals surface area (Å²) >= 11 is 0. The van der Waals surface area contributed by atoms with Gasteiger partial charge >= 0.3 is 23.9 Å². The van der Waals surface area contributed by atoms with E-state index in [4.69, 9.17) is 19.0 Å². The SMILES string of the molecule is CON=C(CCCCC(=O)OC)CCC1C(OC(C)=O)CC(OC(C)=O)C1CCC(=O)OC. The summed E-state index contributed by atoms with van der Waals surface area (Å²) in [6, 6.07) is 0. The van der Waals surface area contributed by atoms with Gasteiger partial charge in [-0.3, -0.25) is 19.2 Å². The highest BCUT2D eigenvalue weighted by atomic mass is 16.6. The summed E-state index contributed by atoms with van der Waals surface area (Å²) in [5.74, 6) is -1.72. The maximum Gasteiger partial charge on any atom is 0.305 e. The molecule has 1 aliphatic carbocycles. The maximum atomic E-state index is 11.7. The molecule has 0 aromatic rings. The third-order valence-corrected chi connectivity index (χ3v) is 5.82. The third kappa shape index (κ3) is 10.7. The molecule has 0 radical (unpaired) electrons. The largest absolute Gasteiger partial charge is 0.469 e. The summed E-state index contributed by atoms with van der Waals surface area (Å²) in [7, 11) is 4.16. The molecule has 1 aliphatic rings. The smallest absolute Gasteiger partial charge is 0.305 e. The van der Waals surface area contributed by atoms with Gasteiger partial charge in [-0.15, -0.1) is 0 Å². The predicted octanol–water partition coefficient (Wildman–Crippen LogP) is 2.96. The van der Waals surface area contributed by atoms with Crippen LogP contribution in [0.1, 0.15) is 71.6 Å². The number of ether oxygens (including phenoxy) is 4. The van der Waals surface area contributed by atoms with Gasteiger partial charge in [0.25, 0.3) is 0 Å². The topological polar surface area (TPSA) is 127 Å². The zero-order chi connectivity index (χ0) is 24.8. The molecule has 0 amide bonds. The fourth-order valence-electron chi connectivity index (χ4n) is 4.39. The van der Waals surface area contributed by atoms with Gasteiger partial charge in [0.2, 0.25) is 0 Å². The van der Waals surface area contributed by atoms with Gasteiger partial charge in [0.05, 0.1) is 19.9 Å². The fourth-order valence-corrected chi connectivity index (χ4v) is 4.39. The number of unbranched alkanes of at least 4 members (excludes halogenated alkanes) is 1. The van der Waals surface area contributed by atoms with Crippen LogP contribution in [0.3, 0.4) is 0 Å². The Morgan fingerprint density at radius 3 is 1.70 bits per heavy atom. The Bertz CT molecular complexity index is 691. The van der Waals surface area contributed by atoms with E-state index >= 15 is 0 Å². The molecule has 0 spiro atoms. The third-order valence-electron chi connectivity index (χ3n) is 5.82. The molecule has 0 aliphatic heterocycles. The number of methoxy groups -OCH3 is 2. The van der Waals surface area contributed by atoms with Crippen molar-refractivity contribution in [2.75, 3.05) is 21.3 Å². The number of esters is 4. The minimum Gasteiger partial charge on any atom is -0.469 e. The van der Waals surface area contributed by atoms with Crippen molar-refractivity contribution in [3.63, 3.8) is 0 Å². The molecule has 0 saturated heterocycles. The Morgan fingerprint density at radius 1 is 0.727 bits per heavy atom. The van der Waals surface area contributed by atoms with Crippen molar-refractivity contribution < 1.29 is 43.0 Å². The van der Waals surface area contributed by atoms with E-state index in [9.17, 15) is 19.2 Å². The zero-order valence-corrected chi connectivity index (χ0v) is 20.3. The Balaban J connectivity index is 2.90. The van der Waals surface area contributed by atoms with Crippen LogP contribution in [0.4, 0.5) is 0 Å². The molecule has 1 saturated carbocycles. The Hall–Kier alpha value is -2.65. The van der Waals surface area contributed by atoms with E-state index in [1.165, 1.54) is 35.2 Å². The predicted molar refractivity (Wildman–Crippen MR) is 118 cm³/mol. The highest BCUT2D eigenvalue weighted by molar-refractivity contribution is 5.84. The summed E-state index contributed by atoms with van der Waals surface area (Å²) in [6.45, 7) is 2.68. The summed E-state index contributed by atoms with van der Waals surface area (Å²) < 4.78 is 20.5. The van der Waals surface area contributed by atoms with Crippen molar-refractivity contribution in [2.45, 2.75) is 83.8 Å². The highest BCUT2D eigenvalue weighted by Crippen LogP contribution is 2.42. The first kappa shape index (κ1) is 28.4. The van der Waals surface area contributed by atoms with E-state index in [0.717, 1.165) is 12.1 Å². The molecule has 0 aromatic carbocycles. The second kappa shape index (κ2) is 15.2. The number of oxime groups is 1. The summed E-state index contributed by atoms with van der Waals surface area (Å²) in [5, 5.41) is 4.12. The van der Waals surface area contributed by atoms with E-state index in [2.05, 4.69) is 9.89 Å². The van der Waals surface area contributed by atoms with Crippen LogP contribution in [0, 0.1) is 11.8 Å². The van der Waals surface area contributed by atoms with Crippen LogP contribution in [-0.4, -0.2) is 63.1 Å². The highest BCUT2D eigenvalue weighted by Gasteiger charge is 2.46. The molecule has 10 nitrogen and oxygen atoms in total. The van der Waals surface area contributed by atoms with Crippen molar-refractivity contribution in [1.29, 1.82) is 0 Å². The Labute approximate surface area is 195 Å². The summed E-state index contributed by atoms with van der Waals surface area (Å²) in [5.41, 5.74) is 0.826. The first-order valence-electron chi connectivity index (χ1n) is 11.3. The van der Waals surface area contributed by atoms with E-state index in [0.29, 0.717) is 44.9 Å². The second-order valence-electron chi connectivity index (χ2n) is 8.14. The number of carbonyl (C=O) groups excluding carboxylic acids is 4. The monoisotopic (exact) mass is 471 g/mol. The average molecular weight is 472 g/mol. The number of hydrogen-bond acceptors (Lipinski definition) is 10. The van der Waals surface area contributed by atoms with Crippen molar-refractivity contribution in [3.05, 3.63) is 0 Å². The van der Waals surface area contributed by atoms with E-state index in [-0.39, 0.29) is 30.2 Å². The number of rotatable bonds is 14. The molecule has 4 atom stereocenters. The lowest BCUT2D eigenvalue weighted by Crippen LogP contribution is -2.28. The molecule has 1 fully saturated rings. The number of nitrogens with zero attached hydrogens (tertiary/aromatic N) is 1. The first-order chi connectivity index (χ1) is 15.7. The van der Waals surface area contributed by atoms with Gasteiger partial charge in [0.15, 0.2) is 0 Å². The standard InChI is InChI=1S/C23H37NO9/c1-15(25)32-20-14-21(33-16(2)26)19(12-13-23(28)30-4)18(20)11-10-17(24-31-5)8-6-7-9-22(27)29-3/h18-21H,6-14H2,1-5H3. The number of hydrogen-bond donors (Lipinski definition) is 0. The molecule has 188 valence electrons. The molecule has 0 aromatic heterocycles. The molecule has 0 heterocycles. The van der Waals surface area contributed by atoms with Crippen molar-refractivity contribution in [2.24, 2.45) is 17.0 Å². The molecule has 0 N–H and O–H groups in total. The van der Waals surface area contributed by atoms with Crippen molar-refractivity contribution >= 4 is 29.6 Å². The molecule has 4 unspecified atom stereocenters. The molecule has 10 heteroatoms. The molecule has 1 rings (SSSR count). The van der Waals surface area contributed by atoms with E-state index in [1.807, 2.05) is 0 Å². The Morgan fingerprint density at radius 2 is 1.21 bits per heavy atom. The number of carbonyl (C=O) groups is 4. The first-order valence-corrected chi connectivity index (χ1v) is 11.3. The summed E-state index contributed by atoms with van der Waals surface area (Å²) in [6.07, 6.45) is 3.72.